The van der Waals surface area contributed by atoms with Crippen molar-refractivity contribution in [2.75, 3.05) is 5.73 Å². The van der Waals surface area contributed by atoms with Crippen molar-refractivity contribution in [1.82, 2.24) is 5.16 Å². The first-order valence-corrected chi connectivity index (χ1v) is 6.87. The van der Waals surface area contributed by atoms with Crippen LogP contribution in [-0.2, 0) is 0 Å². The molecule has 7 heteroatoms. The van der Waals surface area contributed by atoms with Gasteiger partial charge in [0.1, 0.15) is 11.4 Å². The van der Waals surface area contributed by atoms with Gasteiger partial charge in [0.15, 0.2) is 0 Å². The van der Waals surface area contributed by atoms with Gasteiger partial charge in [0.25, 0.3) is 0 Å². The van der Waals surface area contributed by atoms with Gasteiger partial charge in [0, 0.05) is 10.4 Å². The van der Waals surface area contributed by atoms with Crippen LogP contribution in [0.3, 0.4) is 0 Å². The highest BCUT2D eigenvalue weighted by atomic mass is 32.1. The van der Waals surface area contributed by atoms with Crippen LogP contribution < -0.4 is 10.5 Å². The number of thiophene rings is 1. The van der Waals surface area contributed by atoms with Crippen molar-refractivity contribution in [2.45, 2.75) is 6.61 Å². The van der Waals surface area contributed by atoms with Crippen molar-refractivity contribution in [3.05, 3.63) is 41.8 Å². The van der Waals surface area contributed by atoms with Gasteiger partial charge in [-0.15, -0.1) is 11.3 Å². The predicted molar refractivity (Wildman–Crippen MR) is 76.3 cm³/mol. The Labute approximate surface area is 122 Å². The number of aromatic nitrogens is 1. The van der Waals surface area contributed by atoms with E-state index in [2.05, 4.69) is 9.89 Å². The van der Waals surface area contributed by atoms with E-state index >= 15 is 0 Å². The summed E-state index contributed by atoms with van der Waals surface area (Å²) in [4.78, 5) is 0.893. The normalized spacial score (nSPS) is 11.0. The van der Waals surface area contributed by atoms with Gasteiger partial charge in [-0.2, -0.15) is 8.78 Å². The Morgan fingerprint density at radius 2 is 2.10 bits per heavy atom. The Kier molecular flexibility index (Phi) is 3.57. The first-order valence-electron chi connectivity index (χ1n) is 5.99. The maximum atomic E-state index is 12.3. The molecule has 1 aromatic carbocycles. The van der Waals surface area contributed by atoms with E-state index in [1.165, 1.54) is 23.5 Å². The second-order valence-corrected chi connectivity index (χ2v) is 5.10. The molecule has 0 amide bonds. The van der Waals surface area contributed by atoms with Crippen molar-refractivity contribution in [3.8, 4) is 27.4 Å². The molecule has 0 saturated carbocycles. The first kappa shape index (κ1) is 13.6. The highest BCUT2D eigenvalue weighted by molar-refractivity contribution is 7.13. The Hall–Kier alpha value is -2.41. The third-order valence-corrected chi connectivity index (χ3v) is 3.71. The zero-order valence-electron chi connectivity index (χ0n) is 10.6. The fourth-order valence-electron chi connectivity index (χ4n) is 1.98. The predicted octanol–water partition coefficient (Wildman–Crippen LogP) is 4.25. The lowest BCUT2D eigenvalue weighted by Crippen LogP contribution is -2.01. The molecule has 4 nitrogen and oxygen atoms in total. The second kappa shape index (κ2) is 5.53. The van der Waals surface area contributed by atoms with Crippen LogP contribution in [0.1, 0.15) is 0 Å². The van der Waals surface area contributed by atoms with Crippen LogP contribution in [0.15, 0.2) is 46.3 Å². The molecule has 0 bridgehead atoms. The van der Waals surface area contributed by atoms with Gasteiger partial charge >= 0.3 is 6.61 Å². The molecule has 0 fully saturated rings. The highest BCUT2D eigenvalue weighted by Crippen LogP contribution is 2.39. The smallest absolute Gasteiger partial charge is 0.387 e. The molecule has 0 aliphatic heterocycles. The minimum absolute atomic E-state index is 0.0567. The molecular weight excluding hydrogens is 298 g/mol. The number of benzene rings is 1. The molecule has 0 spiro atoms. The van der Waals surface area contributed by atoms with E-state index in [4.69, 9.17) is 10.3 Å². The summed E-state index contributed by atoms with van der Waals surface area (Å²) in [6, 6.07) is 10.0. The lowest BCUT2D eigenvalue weighted by molar-refractivity contribution is -0.0498. The van der Waals surface area contributed by atoms with Crippen molar-refractivity contribution in [1.29, 1.82) is 0 Å². The SMILES string of the molecule is Nc1onc(-c2cccc(OC(F)F)c2)c1-c1cccs1. The summed E-state index contributed by atoms with van der Waals surface area (Å²) >= 11 is 1.49. The lowest BCUT2D eigenvalue weighted by Gasteiger charge is -2.06. The Balaban J connectivity index is 2.06. The van der Waals surface area contributed by atoms with Crippen LogP contribution >= 0.6 is 11.3 Å². The molecular formula is C14H10F2N2O2S. The number of anilines is 1. The molecule has 21 heavy (non-hydrogen) atoms. The van der Waals surface area contributed by atoms with Gasteiger partial charge in [-0.1, -0.05) is 23.4 Å². The molecule has 0 aliphatic rings. The molecule has 108 valence electrons. The number of hydrogen-bond donors (Lipinski definition) is 1. The van der Waals surface area contributed by atoms with E-state index in [1.807, 2.05) is 17.5 Å². The third-order valence-electron chi connectivity index (χ3n) is 2.82. The molecule has 0 radical (unpaired) electrons. The maximum absolute atomic E-state index is 12.3. The average Bonchev–Trinajstić information content (AvgIpc) is 3.07. The van der Waals surface area contributed by atoms with Gasteiger partial charge in [-0.05, 0) is 23.6 Å². The third kappa shape index (κ3) is 2.73. The van der Waals surface area contributed by atoms with Crippen LogP contribution in [-0.4, -0.2) is 11.8 Å². The van der Waals surface area contributed by atoms with Crippen LogP contribution in [0.25, 0.3) is 21.7 Å². The van der Waals surface area contributed by atoms with Gasteiger partial charge < -0.3 is 15.0 Å². The minimum Gasteiger partial charge on any atom is -0.435 e. The molecule has 3 rings (SSSR count). The molecule has 3 aromatic rings. The van der Waals surface area contributed by atoms with Crippen molar-refractivity contribution in [2.24, 2.45) is 0 Å². The summed E-state index contributed by atoms with van der Waals surface area (Å²) in [7, 11) is 0. The summed E-state index contributed by atoms with van der Waals surface area (Å²) in [6.07, 6.45) is 0. The number of nitrogens with two attached hydrogens (primary N) is 1. The van der Waals surface area contributed by atoms with E-state index < -0.39 is 6.61 Å². The van der Waals surface area contributed by atoms with Crippen LogP contribution in [0.4, 0.5) is 14.7 Å². The molecule has 0 saturated heterocycles. The van der Waals surface area contributed by atoms with Crippen LogP contribution in [0.2, 0.25) is 0 Å². The van der Waals surface area contributed by atoms with Gasteiger partial charge in [0.2, 0.25) is 5.88 Å². The van der Waals surface area contributed by atoms with Crippen molar-refractivity contribution in [3.63, 3.8) is 0 Å². The zero-order valence-corrected chi connectivity index (χ0v) is 11.4. The summed E-state index contributed by atoms with van der Waals surface area (Å²) in [5, 5.41) is 5.83. The van der Waals surface area contributed by atoms with Gasteiger partial charge in [-0.25, -0.2) is 0 Å². The first-order chi connectivity index (χ1) is 10.1. The van der Waals surface area contributed by atoms with E-state index in [1.54, 1.807) is 12.1 Å². The highest BCUT2D eigenvalue weighted by Gasteiger charge is 2.18. The monoisotopic (exact) mass is 308 g/mol. The van der Waals surface area contributed by atoms with E-state index in [0.29, 0.717) is 16.8 Å². The number of nitrogen functional groups attached to an aromatic ring is 1. The zero-order chi connectivity index (χ0) is 14.8. The quantitative estimate of drug-likeness (QED) is 0.782. The number of halogens is 2. The summed E-state index contributed by atoms with van der Waals surface area (Å²) in [5.74, 6) is 0.244. The number of alkyl halides is 2. The maximum Gasteiger partial charge on any atom is 0.387 e. The average molecular weight is 308 g/mol. The lowest BCUT2D eigenvalue weighted by atomic mass is 10.1. The van der Waals surface area contributed by atoms with Crippen LogP contribution in [0, 0.1) is 0 Å². The van der Waals surface area contributed by atoms with E-state index in [9.17, 15) is 8.78 Å². The summed E-state index contributed by atoms with van der Waals surface area (Å²) in [6.45, 7) is -2.88. The van der Waals surface area contributed by atoms with Crippen molar-refractivity contribution < 1.29 is 18.0 Å². The number of ether oxygens (including phenoxy) is 1. The minimum atomic E-state index is -2.88. The van der Waals surface area contributed by atoms with E-state index in [0.717, 1.165) is 4.88 Å². The summed E-state index contributed by atoms with van der Waals surface area (Å²) in [5.41, 5.74) is 7.56. The van der Waals surface area contributed by atoms with E-state index in [-0.39, 0.29) is 11.6 Å². The molecule has 0 aliphatic carbocycles. The molecule has 2 aromatic heterocycles. The molecule has 0 unspecified atom stereocenters. The Morgan fingerprint density at radius 1 is 1.24 bits per heavy atom. The number of rotatable bonds is 4. The summed E-state index contributed by atoms with van der Waals surface area (Å²) < 4.78 is 34.0. The fourth-order valence-corrected chi connectivity index (χ4v) is 2.75. The van der Waals surface area contributed by atoms with Crippen molar-refractivity contribution >= 4 is 17.2 Å². The van der Waals surface area contributed by atoms with Gasteiger partial charge in [0.05, 0.1) is 5.56 Å². The molecule has 2 heterocycles. The second-order valence-electron chi connectivity index (χ2n) is 4.15. The fraction of sp³-hybridized carbons (Fsp3) is 0.0714. The molecule has 2 N–H and O–H groups in total. The van der Waals surface area contributed by atoms with Crippen LogP contribution in [0.5, 0.6) is 5.75 Å². The Bertz CT molecular complexity index is 741. The standard InChI is InChI=1S/C14H10F2N2O2S/c15-14(16)19-9-4-1-3-8(7-9)12-11(13(17)20-18-12)10-5-2-6-21-10/h1-7,14H,17H2. The van der Waals surface area contributed by atoms with Gasteiger partial charge in [-0.3, -0.25) is 0 Å². The molecule has 0 atom stereocenters. The topological polar surface area (TPSA) is 61.3 Å². The Morgan fingerprint density at radius 3 is 2.81 bits per heavy atom. The largest absolute Gasteiger partial charge is 0.435 e. The number of nitrogens with zero attached hydrogens (tertiary/aromatic N) is 1. The number of hydrogen-bond acceptors (Lipinski definition) is 5.